The Labute approximate surface area is 109 Å². The molecule has 0 aliphatic heterocycles. The Hall–Kier alpha value is -2.00. The molecule has 88 valence electrons. The van der Waals surface area contributed by atoms with Gasteiger partial charge < -0.3 is 0 Å². The zero-order chi connectivity index (χ0) is 12.4. The summed E-state index contributed by atoms with van der Waals surface area (Å²) in [6, 6.07) is 16.5. The van der Waals surface area contributed by atoms with Gasteiger partial charge in [-0.1, -0.05) is 42.5 Å². The second kappa shape index (κ2) is 4.70. The van der Waals surface area contributed by atoms with Crippen molar-refractivity contribution in [2.75, 3.05) is 0 Å². The molecule has 0 aliphatic rings. The average Bonchev–Trinajstić information content (AvgIpc) is 2.89. The Balaban J connectivity index is 2.00. The predicted molar refractivity (Wildman–Crippen MR) is 72.9 cm³/mol. The number of rotatable bonds is 2. The van der Waals surface area contributed by atoms with Crippen LogP contribution in [0.4, 0.5) is 4.39 Å². The number of nitrogens with zero attached hydrogens (tertiary/aromatic N) is 1. The quantitative estimate of drug-likeness (QED) is 0.651. The van der Waals surface area contributed by atoms with Gasteiger partial charge in [0.2, 0.25) is 0 Å². The van der Waals surface area contributed by atoms with Crippen molar-refractivity contribution in [1.29, 1.82) is 0 Å². The summed E-state index contributed by atoms with van der Waals surface area (Å²) < 4.78 is 13.2. The van der Waals surface area contributed by atoms with E-state index in [9.17, 15) is 4.39 Å². The van der Waals surface area contributed by atoms with Gasteiger partial charge in [-0.15, -0.1) is 11.3 Å². The molecule has 0 amide bonds. The monoisotopic (exact) mass is 255 g/mol. The molecule has 0 saturated heterocycles. The van der Waals surface area contributed by atoms with Crippen LogP contribution in [-0.4, -0.2) is 4.98 Å². The Morgan fingerprint density at radius 3 is 2.44 bits per heavy atom. The minimum Gasteiger partial charge on any atom is -0.236 e. The maximum Gasteiger partial charge on any atom is 0.124 e. The van der Waals surface area contributed by atoms with Crippen LogP contribution in [0.2, 0.25) is 0 Å². The van der Waals surface area contributed by atoms with Gasteiger partial charge >= 0.3 is 0 Å². The molecule has 0 radical (unpaired) electrons. The number of hydrogen-bond acceptors (Lipinski definition) is 2. The molecule has 3 rings (SSSR count). The molecule has 0 spiro atoms. The van der Waals surface area contributed by atoms with E-state index < -0.39 is 0 Å². The van der Waals surface area contributed by atoms with Crippen LogP contribution in [0.1, 0.15) is 0 Å². The normalized spacial score (nSPS) is 10.5. The predicted octanol–water partition coefficient (Wildman–Crippen LogP) is 4.62. The number of thiazole rings is 1. The molecule has 1 heterocycles. The van der Waals surface area contributed by atoms with Crippen LogP contribution >= 0.6 is 11.3 Å². The van der Waals surface area contributed by atoms with Crippen LogP contribution in [0, 0.1) is 5.82 Å². The first-order valence-corrected chi connectivity index (χ1v) is 6.48. The smallest absolute Gasteiger partial charge is 0.124 e. The van der Waals surface area contributed by atoms with E-state index in [0.717, 1.165) is 21.8 Å². The molecule has 2 aromatic carbocycles. The third-order valence-electron chi connectivity index (χ3n) is 2.65. The number of halogens is 1. The topological polar surface area (TPSA) is 12.9 Å². The maximum atomic E-state index is 13.2. The van der Waals surface area contributed by atoms with Gasteiger partial charge in [0.15, 0.2) is 0 Å². The Morgan fingerprint density at radius 1 is 0.889 bits per heavy atom. The first-order chi connectivity index (χ1) is 8.83. The fourth-order valence-corrected chi connectivity index (χ4v) is 2.60. The van der Waals surface area contributed by atoms with Crippen molar-refractivity contribution in [2.24, 2.45) is 0 Å². The lowest BCUT2D eigenvalue weighted by Gasteiger charge is -1.96. The van der Waals surface area contributed by atoms with Crippen molar-refractivity contribution < 1.29 is 4.39 Å². The first kappa shape index (κ1) is 11.1. The lowest BCUT2D eigenvalue weighted by Crippen LogP contribution is -1.80. The molecule has 0 fully saturated rings. The Morgan fingerprint density at radius 2 is 1.67 bits per heavy atom. The molecule has 0 N–H and O–H groups in total. The lowest BCUT2D eigenvalue weighted by molar-refractivity contribution is 0.628. The fourth-order valence-electron chi connectivity index (χ4n) is 1.77. The van der Waals surface area contributed by atoms with Crippen LogP contribution in [0.3, 0.4) is 0 Å². The number of aromatic nitrogens is 1. The Kier molecular flexibility index (Phi) is 2.90. The second-order valence-electron chi connectivity index (χ2n) is 3.91. The Bertz CT molecular complexity index is 661. The summed E-state index contributed by atoms with van der Waals surface area (Å²) in [5.74, 6) is -0.232. The molecule has 18 heavy (non-hydrogen) atoms. The van der Waals surface area contributed by atoms with Crippen LogP contribution in [0.15, 0.2) is 60.0 Å². The fraction of sp³-hybridized carbons (Fsp3) is 0. The van der Waals surface area contributed by atoms with Crippen molar-refractivity contribution in [2.45, 2.75) is 0 Å². The van der Waals surface area contributed by atoms with Gasteiger partial charge in [0.25, 0.3) is 0 Å². The molecule has 0 saturated carbocycles. The number of hydrogen-bond donors (Lipinski definition) is 0. The third kappa shape index (κ3) is 2.17. The summed E-state index contributed by atoms with van der Waals surface area (Å²) in [4.78, 5) is 4.54. The molecular weight excluding hydrogens is 245 g/mol. The molecule has 1 aromatic heterocycles. The highest BCUT2D eigenvalue weighted by Gasteiger charge is 2.06. The van der Waals surface area contributed by atoms with E-state index >= 15 is 0 Å². The largest absolute Gasteiger partial charge is 0.236 e. The van der Waals surface area contributed by atoms with E-state index in [2.05, 4.69) is 4.98 Å². The van der Waals surface area contributed by atoms with E-state index in [1.54, 1.807) is 6.07 Å². The molecule has 0 aliphatic carbocycles. The van der Waals surface area contributed by atoms with Crippen LogP contribution in [0.25, 0.3) is 21.8 Å². The molecule has 0 unspecified atom stereocenters. The molecule has 0 atom stereocenters. The van der Waals surface area contributed by atoms with Gasteiger partial charge in [-0.3, -0.25) is 0 Å². The zero-order valence-electron chi connectivity index (χ0n) is 9.51. The van der Waals surface area contributed by atoms with Crippen LogP contribution in [-0.2, 0) is 0 Å². The minimum atomic E-state index is -0.232. The van der Waals surface area contributed by atoms with Crippen molar-refractivity contribution in [1.82, 2.24) is 4.98 Å². The standard InChI is InChI=1S/C15H10FNS/c16-13-8-4-7-12(9-13)15-17-14(10-18-15)11-5-2-1-3-6-11/h1-10H. The lowest BCUT2D eigenvalue weighted by atomic mass is 10.2. The average molecular weight is 255 g/mol. The van der Waals surface area contributed by atoms with Crippen molar-refractivity contribution >= 4 is 11.3 Å². The molecular formula is C15H10FNS. The summed E-state index contributed by atoms with van der Waals surface area (Å²) >= 11 is 1.53. The zero-order valence-corrected chi connectivity index (χ0v) is 10.3. The number of benzene rings is 2. The van der Waals surface area contributed by atoms with E-state index in [1.807, 2.05) is 41.8 Å². The van der Waals surface area contributed by atoms with Gasteiger partial charge in [-0.2, -0.15) is 0 Å². The SMILES string of the molecule is Fc1cccc(-c2nc(-c3ccccc3)cs2)c1. The highest BCUT2D eigenvalue weighted by molar-refractivity contribution is 7.13. The highest BCUT2D eigenvalue weighted by Crippen LogP contribution is 2.28. The van der Waals surface area contributed by atoms with E-state index in [4.69, 9.17) is 0 Å². The molecule has 1 nitrogen and oxygen atoms in total. The second-order valence-corrected chi connectivity index (χ2v) is 4.77. The van der Waals surface area contributed by atoms with Gasteiger partial charge in [0.05, 0.1) is 5.69 Å². The minimum absolute atomic E-state index is 0.232. The van der Waals surface area contributed by atoms with Crippen molar-refractivity contribution in [3.8, 4) is 21.8 Å². The van der Waals surface area contributed by atoms with Crippen molar-refractivity contribution in [3.05, 3.63) is 65.8 Å². The van der Waals surface area contributed by atoms with Gasteiger partial charge in [-0.25, -0.2) is 9.37 Å². The molecule has 3 heteroatoms. The highest BCUT2D eigenvalue weighted by atomic mass is 32.1. The van der Waals surface area contributed by atoms with Crippen LogP contribution in [0.5, 0.6) is 0 Å². The summed E-state index contributed by atoms with van der Waals surface area (Å²) in [6.07, 6.45) is 0. The first-order valence-electron chi connectivity index (χ1n) is 5.60. The molecule has 3 aromatic rings. The van der Waals surface area contributed by atoms with Crippen molar-refractivity contribution in [3.63, 3.8) is 0 Å². The van der Waals surface area contributed by atoms with E-state index in [-0.39, 0.29) is 5.82 Å². The van der Waals surface area contributed by atoms with Gasteiger partial charge in [-0.05, 0) is 12.1 Å². The maximum absolute atomic E-state index is 13.2. The van der Waals surface area contributed by atoms with Crippen LogP contribution < -0.4 is 0 Å². The van der Waals surface area contributed by atoms with Gasteiger partial charge in [0.1, 0.15) is 10.8 Å². The summed E-state index contributed by atoms with van der Waals surface area (Å²) in [5, 5.41) is 2.84. The summed E-state index contributed by atoms with van der Waals surface area (Å²) in [7, 11) is 0. The van der Waals surface area contributed by atoms with E-state index in [1.165, 1.54) is 23.5 Å². The summed E-state index contributed by atoms with van der Waals surface area (Å²) in [6.45, 7) is 0. The molecule has 0 bridgehead atoms. The van der Waals surface area contributed by atoms with Gasteiger partial charge in [0, 0.05) is 16.5 Å². The van der Waals surface area contributed by atoms with E-state index in [0.29, 0.717) is 0 Å². The third-order valence-corrected chi connectivity index (χ3v) is 3.54. The summed E-state index contributed by atoms with van der Waals surface area (Å²) in [5.41, 5.74) is 2.83.